The summed E-state index contributed by atoms with van der Waals surface area (Å²) in [5.74, 6) is -2.76. The summed E-state index contributed by atoms with van der Waals surface area (Å²) in [4.78, 5) is 44.3. The Hall–Kier alpha value is -3.00. The maximum absolute atomic E-state index is 13.1. The van der Waals surface area contributed by atoms with E-state index in [1.165, 1.54) is 14.2 Å². The van der Waals surface area contributed by atoms with Gasteiger partial charge in [-0.1, -0.05) is 30.3 Å². The predicted octanol–water partition coefficient (Wildman–Crippen LogP) is 0.450. The summed E-state index contributed by atoms with van der Waals surface area (Å²) in [6, 6.07) is 8.89. The number of hydrogen-bond donors (Lipinski definition) is 1. The molecule has 1 N–H and O–H groups in total. The predicted molar refractivity (Wildman–Crippen MR) is 98.7 cm³/mol. The zero-order chi connectivity index (χ0) is 20.1. The van der Waals surface area contributed by atoms with Gasteiger partial charge in [-0.2, -0.15) is 0 Å². The number of benzene rings is 1. The van der Waals surface area contributed by atoms with Crippen molar-refractivity contribution in [3.05, 3.63) is 54.1 Å². The van der Waals surface area contributed by atoms with Crippen LogP contribution in [-0.2, 0) is 32.6 Å². The molecule has 2 aliphatic rings. The van der Waals surface area contributed by atoms with Crippen LogP contribution in [0.5, 0.6) is 0 Å². The van der Waals surface area contributed by atoms with Gasteiger partial charge in [-0.3, -0.25) is 24.6 Å². The second-order valence-electron chi connectivity index (χ2n) is 7.42. The lowest BCUT2D eigenvalue weighted by Gasteiger charge is -2.32. The van der Waals surface area contributed by atoms with E-state index in [4.69, 9.17) is 4.74 Å². The Morgan fingerprint density at radius 2 is 1.93 bits per heavy atom. The molecule has 0 bridgehead atoms. The third-order valence-corrected chi connectivity index (χ3v) is 5.92. The molecule has 146 valence electrons. The number of likely N-dealkylation sites (tertiary alicyclic amines) is 1. The van der Waals surface area contributed by atoms with Crippen molar-refractivity contribution in [1.29, 1.82) is 0 Å². The van der Waals surface area contributed by atoms with Crippen LogP contribution in [-0.4, -0.2) is 51.9 Å². The number of fused-ring (bicyclic) bond motifs is 1. The van der Waals surface area contributed by atoms with Crippen LogP contribution >= 0.6 is 0 Å². The summed E-state index contributed by atoms with van der Waals surface area (Å²) in [6.07, 6.45) is 3.52. The average molecular weight is 382 g/mol. The van der Waals surface area contributed by atoms with Gasteiger partial charge in [0.25, 0.3) is 0 Å². The van der Waals surface area contributed by atoms with Gasteiger partial charge in [0, 0.05) is 26.7 Å². The lowest BCUT2D eigenvalue weighted by Crippen LogP contribution is -2.57. The average Bonchev–Trinajstić information content (AvgIpc) is 3.33. The highest BCUT2D eigenvalue weighted by Gasteiger charge is 2.68. The Labute approximate surface area is 162 Å². The number of imidazole rings is 1. The van der Waals surface area contributed by atoms with Crippen molar-refractivity contribution >= 4 is 17.8 Å². The maximum Gasteiger partial charge on any atom is 0.327 e. The SMILES string of the molecule is COC(=O)[C@]1(Cc2ccccc2)N[C@H](c2cncn2C)[C@@H]2C(=O)N(C)C(=O)[C@@H]21. The molecule has 0 spiro atoms. The van der Waals surface area contributed by atoms with Crippen LogP contribution in [0.2, 0.25) is 0 Å². The molecule has 0 aliphatic carbocycles. The van der Waals surface area contributed by atoms with E-state index in [1.54, 1.807) is 17.1 Å². The lowest BCUT2D eigenvalue weighted by molar-refractivity contribution is -0.153. The number of esters is 1. The smallest absolute Gasteiger partial charge is 0.327 e. The minimum Gasteiger partial charge on any atom is -0.468 e. The Bertz CT molecular complexity index is 941. The first-order chi connectivity index (χ1) is 13.4. The summed E-state index contributed by atoms with van der Waals surface area (Å²) in [5, 5.41) is 3.33. The summed E-state index contributed by atoms with van der Waals surface area (Å²) in [7, 11) is 4.58. The number of amides is 2. The van der Waals surface area contributed by atoms with Crippen molar-refractivity contribution in [2.24, 2.45) is 18.9 Å². The number of methoxy groups -OCH3 is 1. The van der Waals surface area contributed by atoms with Crippen LogP contribution in [0, 0.1) is 11.8 Å². The van der Waals surface area contributed by atoms with Crippen molar-refractivity contribution in [2.45, 2.75) is 18.0 Å². The molecule has 8 nitrogen and oxygen atoms in total. The third-order valence-electron chi connectivity index (χ3n) is 5.92. The van der Waals surface area contributed by atoms with Gasteiger partial charge in [0.05, 0.1) is 37.0 Å². The Balaban J connectivity index is 1.87. The first-order valence-corrected chi connectivity index (χ1v) is 9.08. The van der Waals surface area contributed by atoms with E-state index in [2.05, 4.69) is 10.3 Å². The summed E-state index contributed by atoms with van der Waals surface area (Å²) in [5.41, 5.74) is 0.276. The molecule has 4 rings (SSSR count). The minimum absolute atomic E-state index is 0.239. The van der Waals surface area contributed by atoms with E-state index in [9.17, 15) is 14.4 Å². The molecule has 2 saturated heterocycles. The normalized spacial score (nSPS) is 29.2. The standard InChI is InChI=1S/C20H22N4O4/c1-23-11-21-10-13(23)16-14-15(18(26)24(2)17(14)25)20(22-16,19(27)28-3)9-12-7-5-4-6-8-12/h4-8,10-11,14-16,22H,9H2,1-3H3/t14-,15-,16-,20-/m1/s1. The van der Waals surface area contributed by atoms with Crippen LogP contribution in [0.1, 0.15) is 17.3 Å². The van der Waals surface area contributed by atoms with Crippen molar-refractivity contribution in [1.82, 2.24) is 19.8 Å². The van der Waals surface area contributed by atoms with E-state index in [1.807, 2.05) is 37.4 Å². The van der Waals surface area contributed by atoms with Crippen LogP contribution in [0.4, 0.5) is 0 Å². The quantitative estimate of drug-likeness (QED) is 0.610. The molecule has 0 saturated carbocycles. The number of nitrogens with zero attached hydrogens (tertiary/aromatic N) is 3. The molecule has 2 fully saturated rings. The van der Waals surface area contributed by atoms with Gasteiger partial charge in [0.1, 0.15) is 5.54 Å². The van der Waals surface area contributed by atoms with Crippen LogP contribution in [0.25, 0.3) is 0 Å². The second-order valence-corrected chi connectivity index (χ2v) is 7.42. The Morgan fingerprint density at radius 3 is 2.54 bits per heavy atom. The van der Waals surface area contributed by atoms with Gasteiger partial charge in [0.15, 0.2) is 0 Å². The van der Waals surface area contributed by atoms with Gasteiger partial charge in [-0.05, 0) is 5.56 Å². The number of hydrogen-bond acceptors (Lipinski definition) is 6. The van der Waals surface area contributed by atoms with Crippen molar-refractivity contribution in [3.8, 4) is 0 Å². The van der Waals surface area contributed by atoms with E-state index < -0.39 is 29.4 Å². The third kappa shape index (κ3) is 2.48. The van der Waals surface area contributed by atoms with Gasteiger partial charge in [-0.15, -0.1) is 0 Å². The maximum atomic E-state index is 13.1. The van der Waals surface area contributed by atoms with Crippen LogP contribution in [0.3, 0.4) is 0 Å². The van der Waals surface area contributed by atoms with Crippen molar-refractivity contribution < 1.29 is 19.1 Å². The van der Waals surface area contributed by atoms with E-state index >= 15 is 0 Å². The van der Waals surface area contributed by atoms with E-state index in [-0.39, 0.29) is 18.2 Å². The first-order valence-electron chi connectivity index (χ1n) is 9.08. The monoisotopic (exact) mass is 382 g/mol. The fraction of sp³-hybridized carbons (Fsp3) is 0.400. The molecule has 0 radical (unpaired) electrons. The lowest BCUT2D eigenvalue weighted by atomic mass is 9.76. The summed E-state index contributed by atoms with van der Waals surface area (Å²) < 4.78 is 6.92. The molecule has 0 unspecified atom stereocenters. The molecular formula is C20H22N4O4. The van der Waals surface area contributed by atoms with Gasteiger partial charge in [0.2, 0.25) is 11.8 Å². The van der Waals surface area contributed by atoms with Gasteiger partial charge >= 0.3 is 5.97 Å². The number of carbonyl (C=O) groups is 3. The number of rotatable bonds is 4. The second kappa shape index (κ2) is 6.56. The fourth-order valence-corrected chi connectivity index (χ4v) is 4.59. The highest BCUT2D eigenvalue weighted by molar-refractivity contribution is 6.09. The number of aryl methyl sites for hydroxylation is 1. The topological polar surface area (TPSA) is 93.5 Å². The molecule has 2 aliphatic heterocycles. The Morgan fingerprint density at radius 1 is 1.21 bits per heavy atom. The van der Waals surface area contributed by atoms with Crippen molar-refractivity contribution in [3.63, 3.8) is 0 Å². The van der Waals surface area contributed by atoms with Gasteiger partial charge < -0.3 is 9.30 Å². The molecule has 8 heteroatoms. The number of carbonyl (C=O) groups excluding carboxylic acids is 3. The number of aromatic nitrogens is 2. The molecule has 1 aromatic carbocycles. The minimum atomic E-state index is -1.34. The van der Waals surface area contributed by atoms with Gasteiger partial charge in [-0.25, -0.2) is 4.98 Å². The van der Waals surface area contributed by atoms with Crippen LogP contribution < -0.4 is 5.32 Å². The highest BCUT2D eigenvalue weighted by atomic mass is 16.5. The van der Waals surface area contributed by atoms with Crippen molar-refractivity contribution in [2.75, 3.05) is 14.2 Å². The molecule has 3 heterocycles. The first kappa shape index (κ1) is 18.4. The van der Waals surface area contributed by atoms with E-state index in [0.717, 1.165) is 16.2 Å². The molecule has 2 amide bonds. The summed E-state index contributed by atoms with van der Waals surface area (Å²) in [6.45, 7) is 0. The largest absolute Gasteiger partial charge is 0.468 e. The zero-order valence-electron chi connectivity index (χ0n) is 16.0. The molecule has 2 aromatic rings. The highest BCUT2D eigenvalue weighted by Crippen LogP contribution is 2.49. The van der Waals surface area contributed by atoms with E-state index in [0.29, 0.717) is 0 Å². The molecule has 4 atom stereocenters. The molecule has 28 heavy (non-hydrogen) atoms. The fourth-order valence-electron chi connectivity index (χ4n) is 4.59. The number of imide groups is 1. The number of nitrogens with one attached hydrogen (secondary N) is 1. The zero-order valence-corrected chi connectivity index (χ0v) is 16.0. The number of ether oxygens (including phenoxy) is 1. The molecule has 1 aromatic heterocycles. The molecular weight excluding hydrogens is 360 g/mol. The Kier molecular flexibility index (Phi) is 4.30. The summed E-state index contributed by atoms with van der Waals surface area (Å²) >= 11 is 0. The van der Waals surface area contributed by atoms with Crippen LogP contribution in [0.15, 0.2) is 42.9 Å².